The van der Waals surface area contributed by atoms with Gasteiger partial charge in [-0.05, 0) is 41.5 Å². The van der Waals surface area contributed by atoms with Gasteiger partial charge in [0.1, 0.15) is 19.0 Å². The fourth-order valence-corrected chi connectivity index (χ4v) is 3.06. The molecular weight excluding hydrogens is 406 g/mol. The molecule has 7 nitrogen and oxygen atoms in total. The highest BCUT2D eigenvalue weighted by Gasteiger charge is 2.17. The average molecular weight is 436 g/mol. The Bertz CT molecular complexity index is 961. The number of aromatic nitrogens is 1. The summed E-state index contributed by atoms with van der Waals surface area (Å²) in [7, 11) is 5.62. The van der Waals surface area contributed by atoms with Gasteiger partial charge in [0.15, 0.2) is 0 Å². The Kier molecular flexibility index (Phi) is 8.31. The Morgan fingerprint density at radius 1 is 0.875 bits per heavy atom. The predicted octanol–water partition coefficient (Wildman–Crippen LogP) is 4.37. The molecule has 1 heterocycles. The molecule has 0 saturated heterocycles. The molecular formula is C25H29N3O4. The second kappa shape index (κ2) is 11.6. The first-order valence-electron chi connectivity index (χ1n) is 10.4. The van der Waals surface area contributed by atoms with Crippen LogP contribution in [0.25, 0.3) is 0 Å². The van der Waals surface area contributed by atoms with Crippen molar-refractivity contribution in [2.75, 3.05) is 39.3 Å². The Labute approximate surface area is 189 Å². The van der Waals surface area contributed by atoms with Crippen molar-refractivity contribution in [2.45, 2.75) is 13.1 Å². The van der Waals surface area contributed by atoms with Crippen LogP contribution in [0.15, 0.2) is 72.9 Å². The van der Waals surface area contributed by atoms with Gasteiger partial charge in [0.25, 0.3) is 0 Å². The van der Waals surface area contributed by atoms with Gasteiger partial charge in [-0.1, -0.05) is 30.3 Å². The van der Waals surface area contributed by atoms with Crippen LogP contribution in [-0.2, 0) is 17.8 Å². The van der Waals surface area contributed by atoms with E-state index in [9.17, 15) is 4.79 Å². The Balaban J connectivity index is 1.63. The number of rotatable bonds is 10. The molecule has 168 valence electrons. The van der Waals surface area contributed by atoms with Crippen molar-refractivity contribution in [2.24, 2.45) is 0 Å². The van der Waals surface area contributed by atoms with Crippen LogP contribution >= 0.6 is 0 Å². The number of anilines is 1. The van der Waals surface area contributed by atoms with Gasteiger partial charge in [-0.25, -0.2) is 9.78 Å². The lowest BCUT2D eigenvalue weighted by Gasteiger charge is -2.23. The number of hydrogen-bond acceptors (Lipinski definition) is 6. The second-order valence-electron chi connectivity index (χ2n) is 7.40. The quantitative estimate of drug-likeness (QED) is 0.441. The van der Waals surface area contributed by atoms with Gasteiger partial charge in [0, 0.05) is 45.1 Å². The van der Waals surface area contributed by atoms with Crippen molar-refractivity contribution in [1.29, 1.82) is 0 Å². The molecule has 3 aromatic rings. The van der Waals surface area contributed by atoms with Gasteiger partial charge in [0.2, 0.25) is 5.88 Å². The minimum atomic E-state index is -0.401. The highest BCUT2D eigenvalue weighted by atomic mass is 16.6. The minimum absolute atomic E-state index is 0.133. The van der Waals surface area contributed by atoms with Crippen molar-refractivity contribution in [3.05, 3.63) is 84.1 Å². The summed E-state index contributed by atoms with van der Waals surface area (Å²) in [5.74, 6) is 1.27. The van der Waals surface area contributed by atoms with Crippen LogP contribution in [0.5, 0.6) is 11.6 Å². The van der Waals surface area contributed by atoms with Gasteiger partial charge < -0.3 is 19.1 Å². The Hall–Kier alpha value is -3.74. The maximum Gasteiger partial charge on any atom is 0.410 e. The van der Waals surface area contributed by atoms with E-state index in [2.05, 4.69) is 4.98 Å². The zero-order valence-electron chi connectivity index (χ0n) is 18.7. The number of benzene rings is 2. The van der Waals surface area contributed by atoms with Crippen LogP contribution in [0.2, 0.25) is 0 Å². The van der Waals surface area contributed by atoms with Gasteiger partial charge in [-0.2, -0.15) is 0 Å². The van der Waals surface area contributed by atoms with Crippen molar-refractivity contribution < 1.29 is 19.0 Å². The normalized spacial score (nSPS) is 10.3. The first-order valence-corrected chi connectivity index (χ1v) is 10.4. The minimum Gasteiger partial charge on any atom is -0.497 e. The van der Waals surface area contributed by atoms with Crippen LogP contribution < -0.4 is 14.4 Å². The molecule has 0 bridgehead atoms. The SMILES string of the molecule is COc1ccc(CN(Cc2ccc(N(C)C)cc2)C(=O)OCCOc2ccccn2)cc1. The Morgan fingerprint density at radius 3 is 2.09 bits per heavy atom. The van der Waals surface area contributed by atoms with Crippen LogP contribution in [0.3, 0.4) is 0 Å². The summed E-state index contributed by atoms with van der Waals surface area (Å²) >= 11 is 0. The summed E-state index contributed by atoms with van der Waals surface area (Å²) in [6.45, 7) is 1.21. The summed E-state index contributed by atoms with van der Waals surface area (Å²) in [5.41, 5.74) is 3.10. The summed E-state index contributed by atoms with van der Waals surface area (Å²) in [5, 5.41) is 0. The standard InChI is InChI=1S/C25H29N3O4/c1-27(2)22-11-7-20(8-12-22)18-28(19-21-9-13-23(30-3)14-10-21)25(29)32-17-16-31-24-6-4-5-15-26-24/h4-15H,16-19H2,1-3H3. The maximum absolute atomic E-state index is 12.9. The van der Waals surface area contributed by atoms with E-state index in [1.54, 1.807) is 24.3 Å². The zero-order chi connectivity index (χ0) is 22.8. The molecule has 0 unspecified atom stereocenters. The van der Waals surface area contributed by atoms with E-state index >= 15 is 0 Å². The fraction of sp³-hybridized carbons (Fsp3) is 0.280. The summed E-state index contributed by atoms with van der Waals surface area (Å²) < 4.78 is 16.2. The molecule has 0 spiro atoms. The van der Waals surface area contributed by atoms with Crippen molar-refractivity contribution in [3.8, 4) is 11.6 Å². The van der Waals surface area contributed by atoms with Crippen LogP contribution in [0.4, 0.5) is 10.5 Å². The van der Waals surface area contributed by atoms with E-state index < -0.39 is 6.09 Å². The topological polar surface area (TPSA) is 64.1 Å². The largest absolute Gasteiger partial charge is 0.497 e. The van der Waals surface area contributed by atoms with E-state index in [0.29, 0.717) is 19.0 Å². The monoisotopic (exact) mass is 435 g/mol. The molecule has 1 amide bonds. The molecule has 0 N–H and O–H groups in total. The predicted molar refractivity (Wildman–Crippen MR) is 124 cm³/mol. The van der Waals surface area contributed by atoms with E-state index in [-0.39, 0.29) is 13.2 Å². The number of carbonyl (C=O) groups excluding carboxylic acids is 1. The lowest BCUT2D eigenvalue weighted by Crippen LogP contribution is -2.31. The van der Waals surface area contributed by atoms with E-state index in [0.717, 1.165) is 22.6 Å². The average Bonchev–Trinajstić information content (AvgIpc) is 2.82. The molecule has 0 fully saturated rings. The molecule has 2 aromatic carbocycles. The lowest BCUT2D eigenvalue weighted by atomic mass is 10.1. The van der Waals surface area contributed by atoms with E-state index in [4.69, 9.17) is 14.2 Å². The molecule has 1 aromatic heterocycles. The first-order chi connectivity index (χ1) is 15.5. The lowest BCUT2D eigenvalue weighted by molar-refractivity contribution is 0.0829. The first kappa shape index (κ1) is 22.9. The number of pyridine rings is 1. The number of carbonyl (C=O) groups is 1. The third-order valence-electron chi connectivity index (χ3n) is 4.81. The number of methoxy groups -OCH3 is 1. The highest BCUT2D eigenvalue weighted by molar-refractivity contribution is 5.67. The van der Waals surface area contributed by atoms with Gasteiger partial charge in [0.05, 0.1) is 7.11 Å². The molecule has 0 radical (unpaired) electrons. The van der Waals surface area contributed by atoms with Crippen LogP contribution in [0.1, 0.15) is 11.1 Å². The molecule has 0 saturated carbocycles. The zero-order valence-corrected chi connectivity index (χ0v) is 18.7. The van der Waals surface area contributed by atoms with Gasteiger partial charge in [-0.3, -0.25) is 4.90 Å². The molecule has 0 aliphatic heterocycles. The third-order valence-corrected chi connectivity index (χ3v) is 4.81. The molecule has 0 aliphatic rings. The summed E-state index contributed by atoms with van der Waals surface area (Å²) in [6, 6.07) is 21.2. The van der Waals surface area contributed by atoms with Gasteiger partial charge >= 0.3 is 6.09 Å². The van der Waals surface area contributed by atoms with E-state index in [1.165, 1.54) is 0 Å². The smallest absolute Gasteiger partial charge is 0.410 e. The fourth-order valence-electron chi connectivity index (χ4n) is 3.06. The second-order valence-corrected chi connectivity index (χ2v) is 7.40. The third kappa shape index (κ3) is 6.91. The molecule has 0 atom stereocenters. The summed E-state index contributed by atoms with van der Waals surface area (Å²) in [6.07, 6.45) is 1.25. The Morgan fingerprint density at radius 2 is 1.53 bits per heavy atom. The maximum atomic E-state index is 12.9. The van der Waals surface area contributed by atoms with E-state index in [1.807, 2.05) is 79.7 Å². The molecule has 7 heteroatoms. The summed E-state index contributed by atoms with van der Waals surface area (Å²) in [4.78, 5) is 20.7. The number of hydrogen-bond donors (Lipinski definition) is 0. The molecule has 0 aliphatic carbocycles. The van der Waals surface area contributed by atoms with Gasteiger partial charge in [-0.15, -0.1) is 0 Å². The number of nitrogens with zero attached hydrogens (tertiary/aromatic N) is 3. The molecule has 32 heavy (non-hydrogen) atoms. The van der Waals surface area contributed by atoms with Crippen molar-refractivity contribution in [1.82, 2.24) is 9.88 Å². The van der Waals surface area contributed by atoms with Crippen molar-refractivity contribution >= 4 is 11.8 Å². The van der Waals surface area contributed by atoms with Crippen LogP contribution in [0, 0.1) is 0 Å². The van der Waals surface area contributed by atoms with Crippen LogP contribution in [-0.4, -0.2) is 50.4 Å². The number of ether oxygens (including phenoxy) is 3. The number of amides is 1. The van der Waals surface area contributed by atoms with Crippen molar-refractivity contribution in [3.63, 3.8) is 0 Å². The molecule has 3 rings (SSSR count). The highest BCUT2D eigenvalue weighted by Crippen LogP contribution is 2.18.